The zero-order valence-electron chi connectivity index (χ0n) is 18.9. The van der Waals surface area contributed by atoms with Crippen LogP contribution in [0, 0.1) is 0 Å². The molecule has 0 amide bonds. The van der Waals surface area contributed by atoms with Crippen LogP contribution in [0.4, 0.5) is 0 Å². The molecule has 2 aromatic carbocycles. The number of aliphatic imine (C=N–C) groups is 1. The van der Waals surface area contributed by atoms with Crippen molar-refractivity contribution < 1.29 is 14.2 Å². The first-order valence-corrected chi connectivity index (χ1v) is 10.1. The second kappa shape index (κ2) is 11.9. The van der Waals surface area contributed by atoms with Gasteiger partial charge < -0.3 is 29.7 Å². The number of methoxy groups -OCH3 is 3. The van der Waals surface area contributed by atoms with Gasteiger partial charge >= 0.3 is 0 Å². The summed E-state index contributed by atoms with van der Waals surface area (Å²) in [6.45, 7) is 4.09. The minimum Gasteiger partial charge on any atom is -0.497 e. The van der Waals surface area contributed by atoms with Crippen LogP contribution in [0.25, 0.3) is 0 Å². The number of benzene rings is 2. The fraction of sp³-hybridized carbons (Fsp3) is 0.435. The van der Waals surface area contributed by atoms with Crippen LogP contribution in [-0.4, -0.2) is 59.4 Å². The van der Waals surface area contributed by atoms with Gasteiger partial charge in [-0.25, -0.2) is 4.99 Å². The second-order valence-corrected chi connectivity index (χ2v) is 7.02. The van der Waals surface area contributed by atoms with E-state index in [-0.39, 0.29) is 6.04 Å². The van der Waals surface area contributed by atoms with Crippen molar-refractivity contribution in [2.24, 2.45) is 4.99 Å². The Bertz CT molecular complexity index is 807. The molecule has 2 rings (SSSR count). The van der Waals surface area contributed by atoms with Gasteiger partial charge in [-0.2, -0.15) is 0 Å². The molecule has 0 aliphatic rings. The summed E-state index contributed by atoms with van der Waals surface area (Å²) >= 11 is 0. The Kier molecular flexibility index (Phi) is 9.28. The van der Waals surface area contributed by atoms with E-state index in [1.54, 1.807) is 21.3 Å². The number of hydrogen-bond acceptors (Lipinski definition) is 5. The number of likely N-dealkylation sites (N-methyl/N-ethyl adjacent to an activating group) is 1. The summed E-state index contributed by atoms with van der Waals surface area (Å²) in [6, 6.07) is 14.2. The van der Waals surface area contributed by atoms with E-state index in [2.05, 4.69) is 48.7 Å². The molecule has 1 atom stereocenters. The lowest BCUT2D eigenvalue weighted by Gasteiger charge is -2.26. The average molecular weight is 415 g/mol. The fourth-order valence-corrected chi connectivity index (χ4v) is 3.11. The van der Waals surface area contributed by atoms with Gasteiger partial charge in [-0.1, -0.05) is 18.2 Å². The van der Waals surface area contributed by atoms with Crippen molar-refractivity contribution >= 4 is 5.96 Å². The fourth-order valence-electron chi connectivity index (χ4n) is 3.11. The maximum Gasteiger partial charge on any atom is 0.191 e. The molecular formula is C23H34N4O3. The molecule has 0 aliphatic carbocycles. The zero-order valence-corrected chi connectivity index (χ0v) is 18.9. The third-order valence-electron chi connectivity index (χ3n) is 4.80. The molecule has 0 spiro atoms. The molecule has 164 valence electrons. The minimum absolute atomic E-state index is 0.195. The number of rotatable bonds is 10. The Morgan fingerprint density at radius 1 is 0.933 bits per heavy atom. The van der Waals surface area contributed by atoms with Crippen LogP contribution in [0.5, 0.6) is 17.2 Å². The topological polar surface area (TPSA) is 67.4 Å². The standard InChI is InChI=1S/C23H34N4O3/c1-7-24-23(25-15-17-8-13-21(29-5)22(14-17)30-6)26-16-20(27(2)3)18-9-11-19(28-4)12-10-18/h8-14,20H,7,15-16H2,1-6H3,(H2,24,25,26). The van der Waals surface area contributed by atoms with E-state index in [1.807, 2.05) is 30.3 Å². The van der Waals surface area contributed by atoms with E-state index in [0.717, 1.165) is 30.4 Å². The number of guanidine groups is 1. The van der Waals surface area contributed by atoms with Crippen LogP contribution in [0.1, 0.15) is 24.1 Å². The predicted octanol–water partition coefficient (Wildman–Crippen LogP) is 3.07. The molecule has 0 aromatic heterocycles. The summed E-state index contributed by atoms with van der Waals surface area (Å²) in [4.78, 5) is 6.91. The highest BCUT2D eigenvalue weighted by molar-refractivity contribution is 5.79. The average Bonchev–Trinajstić information content (AvgIpc) is 2.77. The molecular weight excluding hydrogens is 380 g/mol. The molecule has 0 heterocycles. The summed E-state index contributed by atoms with van der Waals surface area (Å²) < 4.78 is 16.0. The molecule has 7 nitrogen and oxygen atoms in total. The smallest absolute Gasteiger partial charge is 0.191 e. The molecule has 2 N–H and O–H groups in total. The largest absolute Gasteiger partial charge is 0.497 e. The van der Waals surface area contributed by atoms with Gasteiger partial charge in [0, 0.05) is 13.1 Å². The lowest BCUT2D eigenvalue weighted by molar-refractivity contribution is 0.298. The van der Waals surface area contributed by atoms with E-state index in [4.69, 9.17) is 19.2 Å². The van der Waals surface area contributed by atoms with Crippen LogP contribution in [0.15, 0.2) is 47.5 Å². The van der Waals surface area contributed by atoms with Gasteiger partial charge in [0.25, 0.3) is 0 Å². The molecule has 0 aliphatic heterocycles. The van der Waals surface area contributed by atoms with Gasteiger partial charge in [0.05, 0.1) is 33.9 Å². The maximum atomic E-state index is 5.38. The van der Waals surface area contributed by atoms with Crippen LogP contribution in [0.2, 0.25) is 0 Å². The molecule has 0 saturated carbocycles. The first-order chi connectivity index (χ1) is 14.5. The highest BCUT2D eigenvalue weighted by Crippen LogP contribution is 2.27. The molecule has 1 unspecified atom stereocenters. The van der Waals surface area contributed by atoms with Gasteiger partial charge in [-0.3, -0.25) is 0 Å². The van der Waals surface area contributed by atoms with Crippen molar-refractivity contribution in [1.29, 1.82) is 0 Å². The molecule has 2 aromatic rings. The van der Waals surface area contributed by atoms with Crippen LogP contribution in [0.3, 0.4) is 0 Å². The summed E-state index contributed by atoms with van der Waals surface area (Å²) in [5, 5.41) is 6.77. The van der Waals surface area contributed by atoms with E-state index in [0.29, 0.717) is 18.0 Å². The van der Waals surface area contributed by atoms with Crippen molar-refractivity contribution in [3.63, 3.8) is 0 Å². The van der Waals surface area contributed by atoms with E-state index >= 15 is 0 Å². The Morgan fingerprint density at radius 3 is 2.20 bits per heavy atom. The Morgan fingerprint density at radius 2 is 1.63 bits per heavy atom. The molecule has 0 radical (unpaired) electrons. The molecule has 0 saturated heterocycles. The van der Waals surface area contributed by atoms with Gasteiger partial charge in [0.15, 0.2) is 17.5 Å². The second-order valence-electron chi connectivity index (χ2n) is 7.02. The Balaban J connectivity index is 2.09. The number of ether oxygens (including phenoxy) is 3. The summed E-state index contributed by atoms with van der Waals surface area (Å²) in [5.74, 6) is 3.04. The first-order valence-electron chi connectivity index (χ1n) is 10.1. The molecule has 30 heavy (non-hydrogen) atoms. The minimum atomic E-state index is 0.195. The first kappa shape index (κ1) is 23.3. The maximum absolute atomic E-state index is 5.38. The Hall–Kier alpha value is -2.93. The van der Waals surface area contributed by atoms with Crippen molar-refractivity contribution in [1.82, 2.24) is 15.5 Å². The Labute approximate surface area is 180 Å². The highest BCUT2D eigenvalue weighted by Gasteiger charge is 2.15. The zero-order chi connectivity index (χ0) is 21.9. The monoisotopic (exact) mass is 414 g/mol. The summed E-state index contributed by atoms with van der Waals surface area (Å²) in [5.41, 5.74) is 2.26. The van der Waals surface area contributed by atoms with Crippen molar-refractivity contribution in [2.75, 3.05) is 48.5 Å². The van der Waals surface area contributed by atoms with Gasteiger partial charge in [0.1, 0.15) is 5.75 Å². The van der Waals surface area contributed by atoms with Crippen LogP contribution in [-0.2, 0) is 6.54 Å². The van der Waals surface area contributed by atoms with E-state index in [1.165, 1.54) is 5.56 Å². The number of nitrogens with zero attached hydrogens (tertiary/aromatic N) is 2. The van der Waals surface area contributed by atoms with E-state index in [9.17, 15) is 0 Å². The summed E-state index contributed by atoms with van der Waals surface area (Å²) in [7, 11) is 9.09. The molecule has 0 fully saturated rings. The van der Waals surface area contributed by atoms with Crippen molar-refractivity contribution in [3.8, 4) is 17.2 Å². The summed E-state index contributed by atoms with van der Waals surface area (Å²) in [6.07, 6.45) is 0. The quantitative estimate of drug-likeness (QED) is 0.460. The molecule has 0 bridgehead atoms. The van der Waals surface area contributed by atoms with Crippen LogP contribution >= 0.6 is 0 Å². The molecule has 7 heteroatoms. The normalized spacial score (nSPS) is 12.4. The predicted molar refractivity (Wildman–Crippen MR) is 122 cm³/mol. The lowest BCUT2D eigenvalue weighted by atomic mass is 10.1. The third-order valence-corrected chi connectivity index (χ3v) is 4.80. The van der Waals surface area contributed by atoms with Crippen molar-refractivity contribution in [2.45, 2.75) is 19.5 Å². The van der Waals surface area contributed by atoms with Crippen molar-refractivity contribution in [3.05, 3.63) is 53.6 Å². The third kappa shape index (κ3) is 6.56. The van der Waals surface area contributed by atoms with Gasteiger partial charge in [-0.05, 0) is 56.4 Å². The van der Waals surface area contributed by atoms with Gasteiger partial charge in [0.2, 0.25) is 0 Å². The van der Waals surface area contributed by atoms with E-state index < -0.39 is 0 Å². The number of nitrogens with one attached hydrogen (secondary N) is 2. The lowest BCUT2D eigenvalue weighted by Crippen LogP contribution is -2.41. The highest BCUT2D eigenvalue weighted by atomic mass is 16.5. The van der Waals surface area contributed by atoms with Crippen LogP contribution < -0.4 is 24.8 Å². The van der Waals surface area contributed by atoms with Gasteiger partial charge in [-0.15, -0.1) is 0 Å². The number of hydrogen-bond donors (Lipinski definition) is 2. The SMILES string of the molecule is CCNC(=NCc1ccc(OC)c(OC)c1)NCC(c1ccc(OC)cc1)N(C)C.